The SMILES string of the molecule is CCCCCCC1=C(C#CCCCCCO)C1C(=O)OCC. The molecule has 3 heteroatoms. The Balaban J connectivity index is 2.43. The van der Waals surface area contributed by atoms with Crippen molar-refractivity contribution in [1.82, 2.24) is 0 Å². The number of carbonyl (C=O) groups is 1. The maximum Gasteiger partial charge on any atom is 0.318 e. The number of esters is 1. The average molecular weight is 306 g/mol. The minimum Gasteiger partial charge on any atom is -0.465 e. The van der Waals surface area contributed by atoms with Crippen molar-refractivity contribution < 1.29 is 14.6 Å². The number of rotatable bonds is 11. The van der Waals surface area contributed by atoms with Gasteiger partial charge >= 0.3 is 5.97 Å². The molecular formula is C19H30O3. The van der Waals surface area contributed by atoms with Crippen LogP contribution in [0.15, 0.2) is 11.1 Å². The molecule has 0 heterocycles. The fraction of sp³-hybridized carbons (Fsp3) is 0.737. The number of hydrogen-bond donors (Lipinski definition) is 1. The van der Waals surface area contributed by atoms with Gasteiger partial charge in [-0.05, 0) is 38.2 Å². The lowest BCUT2D eigenvalue weighted by Gasteiger charge is -2.01. The van der Waals surface area contributed by atoms with E-state index in [1.807, 2.05) is 6.92 Å². The van der Waals surface area contributed by atoms with Gasteiger partial charge in [-0.2, -0.15) is 0 Å². The van der Waals surface area contributed by atoms with E-state index in [0.29, 0.717) is 6.61 Å². The van der Waals surface area contributed by atoms with Crippen LogP contribution in [-0.4, -0.2) is 24.3 Å². The lowest BCUT2D eigenvalue weighted by atomic mass is 10.1. The molecule has 0 radical (unpaired) electrons. The standard InChI is InChI=1S/C19H30O3/c1-3-5-6-10-13-16-17(18(16)19(21)22-4-2)14-11-8-7-9-12-15-20/h18,20H,3-10,12-13,15H2,1-2H3. The summed E-state index contributed by atoms with van der Waals surface area (Å²) in [7, 11) is 0. The molecule has 1 unspecified atom stereocenters. The summed E-state index contributed by atoms with van der Waals surface area (Å²) in [5.74, 6) is 6.07. The molecule has 0 fully saturated rings. The molecule has 0 aromatic carbocycles. The first kappa shape index (κ1) is 18.8. The number of aliphatic hydroxyl groups is 1. The number of carbonyl (C=O) groups excluding carboxylic acids is 1. The first-order valence-corrected chi connectivity index (χ1v) is 8.75. The summed E-state index contributed by atoms with van der Waals surface area (Å²) in [6, 6.07) is 0. The second-order valence-electron chi connectivity index (χ2n) is 5.77. The fourth-order valence-electron chi connectivity index (χ4n) is 2.59. The number of ether oxygens (including phenoxy) is 1. The van der Waals surface area contributed by atoms with Gasteiger partial charge in [0, 0.05) is 18.6 Å². The van der Waals surface area contributed by atoms with Crippen LogP contribution in [0.5, 0.6) is 0 Å². The number of hydrogen-bond acceptors (Lipinski definition) is 3. The summed E-state index contributed by atoms with van der Waals surface area (Å²) in [4.78, 5) is 11.9. The number of unbranched alkanes of at least 4 members (excludes halogenated alkanes) is 6. The minimum atomic E-state index is -0.147. The fourth-order valence-corrected chi connectivity index (χ4v) is 2.59. The van der Waals surface area contributed by atoms with Crippen molar-refractivity contribution in [2.24, 2.45) is 5.92 Å². The van der Waals surface area contributed by atoms with E-state index >= 15 is 0 Å². The van der Waals surface area contributed by atoms with Crippen LogP contribution < -0.4 is 0 Å². The van der Waals surface area contributed by atoms with Crippen LogP contribution >= 0.6 is 0 Å². The monoisotopic (exact) mass is 306 g/mol. The van der Waals surface area contributed by atoms with Crippen LogP contribution in [0.2, 0.25) is 0 Å². The molecule has 0 aromatic heterocycles. The van der Waals surface area contributed by atoms with Crippen LogP contribution in [-0.2, 0) is 9.53 Å². The van der Waals surface area contributed by atoms with Crippen molar-refractivity contribution in [2.45, 2.75) is 71.6 Å². The van der Waals surface area contributed by atoms with Gasteiger partial charge in [-0.25, -0.2) is 0 Å². The van der Waals surface area contributed by atoms with E-state index in [9.17, 15) is 4.79 Å². The summed E-state index contributed by atoms with van der Waals surface area (Å²) < 4.78 is 5.14. The van der Waals surface area contributed by atoms with E-state index in [1.165, 1.54) is 24.8 Å². The summed E-state index contributed by atoms with van der Waals surface area (Å²) in [5, 5.41) is 8.73. The van der Waals surface area contributed by atoms with Gasteiger partial charge in [0.1, 0.15) is 5.92 Å². The molecule has 3 nitrogen and oxygen atoms in total. The predicted octanol–water partition coefficient (Wildman–Crippen LogP) is 4.00. The topological polar surface area (TPSA) is 46.5 Å². The Bertz CT molecular complexity index is 426. The highest BCUT2D eigenvalue weighted by Gasteiger charge is 2.41. The molecule has 0 spiro atoms. The van der Waals surface area contributed by atoms with Crippen LogP contribution in [0, 0.1) is 17.8 Å². The maximum absolute atomic E-state index is 11.9. The molecule has 1 N–H and O–H groups in total. The third kappa shape index (κ3) is 6.66. The van der Waals surface area contributed by atoms with Crippen LogP contribution in [0.3, 0.4) is 0 Å². The zero-order valence-electron chi connectivity index (χ0n) is 14.1. The van der Waals surface area contributed by atoms with Gasteiger partial charge in [-0.3, -0.25) is 4.79 Å². The van der Waals surface area contributed by atoms with Gasteiger partial charge in [-0.1, -0.05) is 44.4 Å². The molecule has 22 heavy (non-hydrogen) atoms. The van der Waals surface area contributed by atoms with Gasteiger partial charge in [-0.15, -0.1) is 0 Å². The van der Waals surface area contributed by atoms with Gasteiger partial charge in [0.05, 0.1) is 6.61 Å². The third-order valence-electron chi connectivity index (χ3n) is 3.90. The molecule has 124 valence electrons. The van der Waals surface area contributed by atoms with Gasteiger partial charge in [0.25, 0.3) is 0 Å². The average Bonchev–Trinajstić information content (AvgIpc) is 3.20. The van der Waals surface area contributed by atoms with Crippen LogP contribution in [0.4, 0.5) is 0 Å². The zero-order valence-corrected chi connectivity index (χ0v) is 14.1. The summed E-state index contributed by atoms with van der Waals surface area (Å²) >= 11 is 0. The molecule has 0 aromatic rings. The van der Waals surface area contributed by atoms with Gasteiger partial charge in [0.2, 0.25) is 0 Å². The molecule has 0 amide bonds. The minimum absolute atomic E-state index is 0.127. The summed E-state index contributed by atoms with van der Waals surface area (Å²) in [5.41, 5.74) is 2.22. The molecule has 0 saturated heterocycles. The Morgan fingerprint density at radius 3 is 2.59 bits per heavy atom. The Hall–Kier alpha value is -1.27. The largest absolute Gasteiger partial charge is 0.465 e. The lowest BCUT2D eigenvalue weighted by Crippen LogP contribution is -2.09. The summed E-state index contributed by atoms with van der Waals surface area (Å²) in [6.07, 6.45) is 9.52. The van der Waals surface area contributed by atoms with Crippen molar-refractivity contribution in [3.63, 3.8) is 0 Å². The third-order valence-corrected chi connectivity index (χ3v) is 3.90. The number of aliphatic hydroxyl groups excluding tert-OH is 1. The van der Waals surface area contributed by atoms with Gasteiger partial charge in [0.15, 0.2) is 0 Å². The molecule has 0 aliphatic heterocycles. The lowest BCUT2D eigenvalue weighted by molar-refractivity contribution is -0.144. The Morgan fingerprint density at radius 2 is 1.91 bits per heavy atom. The molecule has 1 rings (SSSR count). The van der Waals surface area contributed by atoms with Gasteiger partial charge < -0.3 is 9.84 Å². The quantitative estimate of drug-likeness (QED) is 0.356. The Labute approximate surface area is 135 Å². The van der Waals surface area contributed by atoms with Crippen molar-refractivity contribution in [3.05, 3.63) is 11.1 Å². The molecule has 1 atom stereocenters. The highest BCUT2D eigenvalue weighted by molar-refractivity contribution is 5.88. The summed E-state index contributed by atoms with van der Waals surface area (Å²) in [6.45, 7) is 4.73. The van der Waals surface area contributed by atoms with E-state index in [2.05, 4.69) is 18.8 Å². The molecule has 1 aliphatic carbocycles. The zero-order chi connectivity index (χ0) is 16.2. The second kappa shape index (κ2) is 11.3. The Kier molecular flexibility index (Phi) is 9.66. The Morgan fingerprint density at radius 1 is 1.14 bits per heavy atom. The molecule has 1 aliphatic rings. The first-order valence-electron chi connectivity index (χ1n) is 8.75. The highest BCUT2D eigenvalue weighted by Crippen LogP contribution is 2.43. The van der Waals surface area contributed by atoms with E-state index in [-0.39, 0.29) is 18.5 Å². The van der Waals surface area contributed by atoms with Crippen LogP contribution in [0.25, 0.3) is 0 Å². The van der Waals surface area contributed by atoms with Crippen LogP contribution in [0.1, 0.15) is 71.6 Å². The first-order chi connectivity index (χ1) is 10.8. The van der Waals surface area contributed by atoms with E-state index in [4.69, 9.17) is 9.84 Å². The second-order valence-corrected chi connectivity index (χ2v) is 5.77. The maximum atomic E-state index is 11.9. The van der Waals surface area contributed by atoms with Crippen molar-refractivity contribution in [2.75, 3.05) is 13.2 Å². The van der Waals surface area contributed by atoms with Crippen molar-refractivity contribution in [1.29, 1.82) is 0 Å². The predicted molar refractivity (Wildman–Crippen MR) is 89.2 cm³/mol. The van der Waals surface area contributed by atoms with E-state index in [0.717, 1.165) is 44.1 Å². The van der Waals surface area contributed by atoms with E-state index in [1.54, 1.807) is 0 Å². The smallest absolute Gasteiger partial charge is 0.318 e. The molecule has 0 bridgehead atoms. The molecule has 0 saturated carbocycles. The highest BCUT2D eigenvalue weighted by atomic mass is 16.5. The van der Waals surface area contributed by atoms with Crippen molar-refractivity contribution in [3.8, 4) is 11.8 Å². The normalized spacial score (nSPS) is 16.2. The molecular weight excluding hydrogens is 276 g/mol. The van der Waals surface area contributed by atoms with E-state index < -0.39 is 0 Å². The van der Waals surface area contributed by atoms with Crippen molar-refractivity contribution >= 4 is 5.97 Å².